The van der Waals surface area contributed by atoms with Crippen molar-refractivity contribution in [2.75, 3.05) is 20.2 Å². The Morgan fingerprint density at radius 2 is 2.00 bits per heavy atom. The summed E-state index contributed by atoms with van der Waals surface area (Å²) >= 11 is 6.22. The molecule has 3 heterocycles. The van der Waals surface area contributed by atoms with Crippen molar-refractivity contribution in [3.8, 4) is 17.1 Å². The van der Waals surface area contributed by atoms with Crippen LogP contribution in [0.4, 0.5) is 0 Å². The van der Waals surface area contributed by atoms with E-state index in [-0.39, 0.29) is 5.92 Å². The lowest BCUT2D eigenvalue weighted by molar-refractivity contribution is 0.186. The number of rotatable bonds is 5. The average Bonchev–Trinajstić information content (AvgIpc) is 3.20. The van der Waals surface area contributed by atoms with Gasteiger partial charge in [-0.1, -0.05) is 28.9 Å². The summed E-state index contributed by atoms with van der Waals surface area (Å²) in [6, 6.07) is 11.4. The molecule has 0 unspecified atom stereocenters. The van der Waals surface area contributed by atoms with Crippen LogP contribution in [0.2, 0.25) is 5.02 Å². The number of benzene rings is 1. The molecule has 1 aromatic carbocycles. The molecule has 27 heavy (non-hydrogen) atoms. The first kappa shape index (κ1) is 17.9. The molecule has 140 valence electrons. The molecule has 0 radical (unpaired) electrons. The smallest absolute Gasteiger partial charge is 0.230 e. The summed E-state index contributed by atoms with van der Waals surface area (Å²) in [7, 11) is 1.64. The topological polar surface area (TPSA) is 64.3 Å². The van der Waals surface area contributed by atoms with Crippen LogP contribution in [0.15, 0.2) is 47.1 Å². The highest BCUT2D eigenvalue weighted by atomic mass is 35.5. The molecular weight excluding hydrogens is 364 g/mol. The standard InChI is InChI=1S/C20H21ClN4O2/c1-26-18-7-3-2-5-15(18)19-23-20(27-24-19)14-8-11-25(12-9-14)13-17-16(21)6-4-10-22-17/h2-7,10,14H,8-9,11-13H2,1H3. The van der Waals surface area contributed by atoms with Gasteiger partial charge >= 0.3 is 0 Å². The Labute approximate surface area is 163 Å². The first-order chi connectivity index (χ1) is 13.2. The van der Waals surface area contributed by atoms with Gasteiger partial charge in [0.05, 0.1) is 23.4 Å². The highest BCUT2D eigenvalue weighted by molar-refractivity contribution is 6.31. The molecule has 0 atom stereocenters. The van der Waals surface area contributed by atoms with Crippen LogP contribution in [0, 0.1) is 0 Å². The Morgan fingerprint density at radius 1 is 1.19 bits per heavy atom. The normalized spacial score (nSPS) is 15.8. The third-order valence-corrected chi connectivity index (χ3v) is 5.28. The Morgan fingerprint density at radius 3 is 2.78 bits per heavy atom. The monoisotopic (exact) mass is 384 g/mol. The number of aromatic nitrogens is 3. The van der Waals surface area contributed by atoms with E-state index in [1.54, 1.807) is 13.3 Å². The van der Waals surface area contributed by atoms with Gasteiger partial charge in [-0.15, -0.1) is 0 Å². The van der Waals surface area contributed by atoms with Crippen LogP contribution < -0.4 is 4.74 Å². The molecule has 2 aromatic heterocycles. The summed E-state index contributed by atoms with van der Waals surface area (Å²) in [4.78, 5) is 11.4. The summed E-state index contributed by atoms with van der Waals surface area (Å²) in [6.45, 7) is 2.66. The van der Waals surface area contributed by atoms with Crippen LogP contribution in [0.5, 0.6) is 5.75 Å². The molecule has 1 aliphatic heterocycles. The van der Waals surface area contributed by atoms with Crippen LogP contribution in [-0.4, -0.2) is 40.2 Å². The van der Waals surface area contributed by atoms with Crippen molar-refractivity contribution in [1.82, 2.24) is 20.0 Å². The fourth-order valence-corrected chi connectivity index (χ4v) is 3.61. The lowest BCUT2D eigenvalue weighted by Crippen LogP contribution is -2.32. The Hall–Kier alpha value is -2.44. The van der Waals surface area contributed by atoms with Crippen LogP contribution in [0.1, 0.15) is 30.3 Å². The molecule has 0 bridgehead atoms. The van der Waals surface area contributed by atoms with Gasteiger partial charge in [-0.05, 0) is 50.2 Å². The molecule has 3 aromatic rings. The second-order valence-corrected chi connectivity index (χ2v) is 7.05. The van der Waals surface area contributed by atoms with Gasteiger partial charge in [0.2, 0.25) is 11.7 Å². The van der Waals surface area contributed by atoms with Gasteiger partial charge in [-0.25, -0.2) is 0 Å². The molecule has 6 nitrogen and oxygen atoms in total. The largest absolute Gasteiger partial charge is 0.496 e. The van der Waals surface area contributed by atoms with Gasteiger partial charge < -0.3 is 9.26 Å². The predicted molar refractivity (Wildman–Crippen MR) is 103 cm³/mol. The van der Waals surface area contributed by atoms with Crippen LogP contribution >= 0.6 is 11.6 Å². The van der Waals surface area contributed by atoms with Gasteiger partial charge in [-0.3, -0.25) is 9.88 Å². The van der Waals surface area contributed by atoms with Crippen molar-refractivity contribution in [3.63, 3.8) is 0 Å². The molecule has 0 amide bonds. The number of methoxy groups -OCH3 is 1. The highest BCUT2D eigenvalue weighted by Gasteiger charge is 2.26. The molecule has 1 aliphatic rings. The molecule has 0 aliphatic carbocycles. The minimum Gasteiger partial charge on any atom is -0.496 e. The van der Waals surface area contributed by atoms with Gasteiger partial charge in [-0.2, -0.15) is 4.98 Å². The van der Waals surface area contributed by atoms with Crippen molar-refractivity contribution in [3.05, 3.63) is 59.2 Å². The van der Waals surface area contributed by atoms with Crippen molar-refractivity contribution in [2.45, 2.75) is 25.3 Å². The number of piperidine rings is 1. The molecule has 1 fully saturated rings. The first-order valence-corrected chi connectivity index (χ1v) is 9.41. The maximum Gasteiger partial charge on any atom is 0.230 e. The fourth-order valence-electron chi connectivity index (χ4n) is 3.42. The van der Waals surface area contributed by atoms with Crippen LogP contribution in [0.3, 0.4) is 0 Å². The predicted octanol–water partition coefficient (Wildman–Crippen LogP) is 4.17. The van der Waals surface area contributed by atoms with Gasteiger partial charge in [0.15, 0.2) is 0 Å². The second-order valence-electron chi connectivity index (χ2n) is 6.64. The van der Waals surface area contributed by atoms with Crippen LogP contribution in [0.25, 0.3) is 11.4 Å². The van der Waals surface area contributed by atoms with Crippen molar-refractivity contribution >= 4 is 11.6 Å². The molecule has 4 rings (SSSR count). The van der Waals surface area contributed by atoms with Crippen molar-refractivity contribution in [2.24, 2.45) is 0 Å². The first-order valence-electron chi connectivity index (χ1n) is 9.03. The highest BCUT2D eigenvalue weighted by Crippen LogP contribution is 2.32. The number of likely N-dealkylation sites (tertiary alicyclic amines) is 1. The maximum absolute atomic E-state index is 6.22. The summed E-state index contributed by atoms with van der Waals surface area (Å²) in [6.07, 6.45) is 3.72. The average molecular weight is 385 g/mol. The van der Waals surface area contributed by atoms with E-state index in [4.69, 9.17) is 20.9 Å². The number of halogens is 1. The van der Waals surface area contributed by atoms with E-state index in [1.807, 2.05) is 36.4 Å². The lowest BCUT2D eigenvalue weighted by atomic mass is 9.96. The molecule has 1 saturated heterocycles. The molecule has 7 heteroatoms. The van der Waals surface area contributed by atoms with Crippen LogP contribution in [-0.2, 0) is 6.54 Å². The second kappa shape index (κ2) is 8.06. The Balaban J connectivity index is 1.40. The minimum atomic E-state index is 0.274. The number of para-hydroxylation sites is 1. The van der Waals surface area contributed by atoms with E-state index in [0.717, 1.165) is 54.5 Å². The van der Waals surface area contributed by atoms with Gasteiger partial charge in [0, 0.05) is 18.7 Å². The Kier molecular flexibility index (Phi) is 5.36. The van der Waals surface area contributed by atoms with E-state index < -0.39 is 0 Å². The zero-order chi connectivity index (χ0) is 18.6. The third-order valence-electron chi connectivity index (χ3n) is 4.93. The zero-order valence-corrected chi connectivity index (χ0v) is 15.9. The van der Waals surface area contributed by atoms with E-state index in [1.165, 1.54) is 0 Å². The number of pyridine rings is 1. The summed E-state index contributed by atoms with van der Waals surface area (Å²) < 4.78 is 11.0. The molecular formula is C20H21ClN4O2. The summed E-state index contributed by atoms with van der Waals surface area (Å²) in [5, 5.41) is 4.88. The number of hydrogen-bond donors (Lipinski definition) is 0. The van der Waals surface area contributed by atoms with E-state index in [9.17, 15) is 0 Å². The number of nitrogens with zero attached hydrogens (tertiary/aromatic N) is 4. The van der Waals surface area contributed by atoms with Crippen molar-refractivity contribution in [1.29, 1.82) is 0 Å². The fraction of sp³-hybridized carbons (Fsp3) is 0.350. The Bertz CT molecular complexity index is 906. The van der Waals surface area contributed by atoms with E-state index in [0.29, 0.717) is 11.7 Å². The maximum atomic E-state index is 6.22. The molecule has 0 saturated carbocycles. The van der Waals surface area contributed by atoms with Crippen molar-refractivity contribution < 1.29 is 9.26 Å². The van der Waals surface area contributed by atoms with Gasteiger partial charge in [0.25, 0.3) is 0 Å². The van der Waals surface area contributed by atoms with E-state index in [2.05, 4.69) is 20.0 Å². The SMILES string of the molecule is COc1ccccc1-c1noc(C2CCN(Cc3ncccc3Cl)CC2)n1. The van der Waals surface area contributed by atoms with Gasteiger partial charge in [0.1, 0.15) is 5.75 Å². The summed E-state index contributed by atoms with van der Waals surface area (Å²) in [5.41, 5.74) is 1.77. The summed E-state index contributed by atoms with van der Waals surface area (Å²) in [5.74, 6) is 2.29. The minimum absolute atomic E-state index is 0.274. The zero-order valence-electron chi connectivity index (χ0n) is 15.1. The lowest BCUT2D eigenvalue weighted by Gasteiger charge is -2.30. The number of hydrogen-bond acceptors (Lipinski definition) is 6. The number of ether oxygens (including phenoxy) is 1. The molecule has 0 N–H and O–H groups in total. The molecule has 0 spiro atoms. The quantitative estimate of drug-likeness (QED) is 0.657. The third kappa shape index (κ3) is 3.96. The van der Waals surface area contributed by atoms with E-state index >= 15 is 0 Å².